The van der Waals surface area contributed by atoms with Crippen molar-refractivity contribution in [2.24, 2.45) is 0 Å². The average molecular weight is 356 g/mol. The van der Waals surface area contributed by atoms with Crippen molar-refractivity contribution in [3.8, 4) is 0 Å². The van der Waals surface area contributed by atoms with Gasteiger partial charge < -0.3 is 10.6 Å². The molecule has 110 valence electrons. The van der Waals surface area contributed by atoms with Gasteiger partial charge in [-0.2, -0.15) is 0 Å². The molecule has 6 heteroatoms. The maximum atomic E-state index is 4.24. The Morgan fingerprint density at radius 1 is 0.955 bits per heavy atom. The molecule has 3 rings (SSSR count). The molecule has 0 aliphatic rings. The van der Waals surface area contributed by atoms with Crippen LogP contribution in [0.25, 0.3) is 0 Å². The second-order valence-electron chi connectivity index (χ2n) is 4.60. The quantitative estimate of drug-likeness (QED) is 0.724. The van der Waals surface area contributed by atoms with E-state index in [2.05, 4.69) is 41.5 Å². The highest BCUT2D eigenvalue weighted by atomic mass is 79.9. The van der Waals surface area contributed by atoms with Gasteiger partial charge in [0.25, 0.3) is 0 Å². The molecule has 0 amide bonds. The Kier molecular flexibility index (Phi) is 4.60. The van der Waals surface area contributed by atoms with Crippen LogP contribution in [0.1, 0.15) is 5.56 Å². The van der Waals surface area contributed by atoms with E-state index in [1.807, 2.05) is 42.5 Å². The molecule has 0 atom stereocenters. The van der Waals surface area contributed by atoms with Gasteiger partial charge in [-0.1, -0.05) is 12.1 Å². The predicted octanol–water partition coefficient (Wildman–Crippen LogP) is 3.99. The maximum Gasteiger partial charge on any atom is 0.135 e. The molecule has 0 aliphatic carbocycles. The summed E-state index contributed by atoms with van der Waals surface area (Å²) in [4.78, 5) is 12.5. The fourth-order valence-corrected chi connectivity index (χ4v) is 2.30. The van der Waals surface area contributed by atoms with Crippen LogP contribution in [0, 0.1) is 0 Å². The highest BCUT2D eigenvalue weighted by molar-refractivity contribution is 9.10. The lowest BCUT2D eigenvalue weighted by Crippen LogP contribution is -2.03. The maximum absolute atomic E-state index is 4.24. The third kappa shape index (κ3) is 3.79. The lowest BCUT2D eigenvalue weighted by molar-refractivity contribution is 1.07. The fourth-order valence-electron chi connectivity index (χ4n) is 1.92. The number of nitrogens with zero attached hydrogens (tertiary/aromatic N) is 3. The minimum Gasteiger partial charge on any atom is -0.366 e. The van der Waals surface area contributed by atoms with Crippen LogP contribution in [0.2, 0.25) is 0 Å². The third-order valence-electron chi connectivity index (χ3n) is 3.03. The Labute approximate surface area is 137 Å². The number of nitrogens with one attached hydrogen (secondary N) is 2. The van der Waals surface area contributed by atoms with Crippen LogP contribution in [0.3, 0.4) is 0 Å². The molecule has 2 aromatic heterocycles. The van der Waals surface area contributed by atoms with Crippen LogP contribution >= 0.6 is 15.9 Å². The van der Waals surface area contributed by atoms with Gasteiger partial charge in [0.05, 0.1) is 5.69 Å². The number of rotatable bonds is 5. The van der Waals surface area contributed by atoms with Crippen LogP contribution in [0.4, 0.5) is 17.3 Å². The smallest absolute Gasteiger partial charge is 0.135 e. The molecule has 0 fully saturated rings. The number of para-hydroxylation sites is 1. The van der Waals surface area contributed by atoms with Crippen molar-refractivity contribution in [1.82, 2.24) is 15.0 Å². The van der Waals surface area contributed by atoms with Gasteiger partial charge in [0.2, 0.25) is 0 Å². The fraction of sp³-hybridized carbons (Fsp3) is 0.0625. The molecule has 2 N–H and O–H groups in total. The number of hydrogen-bond donors (Lipinski definition) is 2. The van der Waals surface area contributed by atoms with E-state index in [9.17, 15) is 0 Å². The minimum atomic E-state index is 0.688. The van der Waals surface area contributed by atoms with Crippen LogP contribution in [-0.2, 0) is 6.54 Å². The van der Waals surface area contributed by atoms with Gasteiger partial charge in [0, 0.05) is 29.5 Å². The van der Waals surface area contributed by atoms with E-state index < -0.39 is 0 Å². The van der Waals surface area contributed by atoms with Gasteiger partial charge in [-0.15, -0.1) is 0 Å². The highest BCUT2D eigenvalue weighted by Crippen LogP contribution is 2.24. The molecule has 3 aromatic rings. The van der Waals surface area contributed by atoms with Crippen LogP contribution < -0.4 is 10.6 Å². The molecule has 0 radical (unpaired) electrons. The first-order valence-corrected chi connectivity index (χ1v) is 7.57. The van der Waals surface area contributed by atoms with Crippen molar-refractivity contribution in [2.45, 2.75) is 6.54 Å². The number of benzene rings is 1. The molecule has 0 bridgehead atoms. The van der Waals surface area contributed by atoms with E-state index in [0.717, 1.165) is 27.4 Å². The van der Waals surface area contributed by atoms with E-state index >= 15 is 0 Å². The Hall–Kier alpha value is -2.47. The third-order valence-corrected chi connectivity index (χ3v) is 3.72. The highest BCUT2D eigenvalue weighted by Gasteiger charge is 2.02. The van der Waals surface area contributed by atoms with Gasteiger partial charge in [0.1, 0.15) is 18.0 Å². The summed E-state index contributed by atoms with van der Waals surface area (Å²) < 4.78 is 0.986. The Morgan fingerprint density at radius 2 is 1.73 bits per heavy atom. The van der Waals surface area contributed by atoms with Crippen molar-refractivity contribution in [1.29, 1.82) is 0 Å². The first-order chi connectivity index (χ1) is 10.8. The zero-order chi connectivity index (χ0) is 15.2. The molecule has 2 heterocycles. The molecule has 0 aliphatic heterocycles. The van der Waals surface area contributed by atoms with Gasteiger partial charge in [0.15, 0.2) is 0 Å². The molecule has 22 heavy (non-hydrogen) atoms. The first kappa shape index (κ1) is 14.5. The van der Waals surface area contributed by atoms with Crippen molar-refractivity contribution in [3.05, 3.63) is 71.2 Å². The molecular weight excluding hydrogens is 342 g/mol. The van der Waals surface area contributed by atoms with Gasteiger partial charge in [-0.3, -0.25) is 4.98 Å². The minimum absolute atomic E-state index is 0.688. The van der Waals surface area contributed by atoms with Crippen LogP contribution in [0.5, 0.6) is 0 Å². The summed E-state index contributed by atoms with van der Waals surface area (Å²) in [7, 11) is 0. The molecule has 0 spiro atoms. The number of anilines is 3. The molecular formula is C16H14BrN5. The predicted molar refractivity (Wildman–Crippen MR) is 91.0 cm³/mol. The van der Waals surface area contributed by atoms with Gasteiger partial charge >= 0.3 is 0 Å². The van der Waals surface area contributed by atoms with Crippen LogP contribution in [-0.4, -0.2) is 15.0 Å². The van der Waals surface area contributed by atoms with Gasteiger partial charge in [-0.25, -0.2) is 9.97 Å². The lowest BCUT2D eigenvalue weighted by atomic mass is 10.3. The summed E-state index contributed by atoms with van der Waals surface area (Å²) in [5, 5.41) is 6.53. The normalized spacial score (nSPS) is 10.2. The van der Waals surface area contributed by atoms with E-state index in [4.69, 9.17) is 0 Å². The molecule has 0 saturated heterocycles. The summed E-state index contributed by atoms with van der Waals surface area (Å²) >= 11 is 3.51. The van der Waals surface area contributed by atoms with E-state index in [1.165, 1.54) is 6.33 Å². The first-order valence-electron chi connectivity index (χ1n) is 6.77. The van der Waals surface area contributed by atoms with E-state index in [-0.39, 0.29) is 0 Å². The Morgan fingerprint density at radius 3 is 2.55 bits per heavy atom. The van der Waals surface area contributed by atoms with E-state index in [1.54, 1.807) is 12.4 Å². The standard InChI is InChI=1S/C16H14BrN5/c17-13-3-1-2-4-14(13)22-16-9-15(20-11-21-16)19-10-12-5-7-18-8-6-12/h1-9,11H,10H2,(H2,19,20,21,22). The number of hydrogen-bond acceptors (Lipinski definition) is 5. The monoisotopic (exact) mass is 355 g/mol. The second-order valence-corrected chi connectivity index (χ2v) is 5.46. The van der Waals surface area contributed by atoms with Crippen molar-refractivity contribution in [2.75, 3.05) is 10.6 Å². The largest absolute Gasteiger partial charge is 0.366 e. The molecule has 0 saturated carbocycles. The van der Waals surface area contributed by atoms with Gasteiger partial charge in [-0.05, 0) is 45.8 Å². The summed E-state index contributed by atoms with van der Waals surface area (Å²) in [5.41, 5.74) is 2.11. The summed E-state index contributed by atoms with van der Waals surface area (Å²) in [5.74, 6) is 1.50. The zero-order valence-corrected chi connectivity index (χ0v) is 13.3. The topological polar surface area (TPSA) is 62.7 Å². The molecule has 5 nitrogen and oxygen atoms in total. The van der Waals surface area contributed by atoms with E-state index in [0.29, 0.717) is 6.54 Å². The Balaban J connectivity index is 1.69. The number of halogens is 1. The number of aromatic nitrogens is 3. The zero-order valence-electron chi connectivity index (χ0n) is 11.7. The summed E-state index contributed by atoms with van der Waals surface area (Å²) in [6.07, 6.45) is 5.09. The van der Waals surface area contributed by atoms with Crippen molar-refractivity contribution >= 4 is 33.3 Å². The Bertz CT molecular complexity index is 748. The van der Waals surface area contributed by atoms with Crippen LogP contribution in [0.15, 0.2) is 65.7 Å². The number of pyridine rings is 1. The van der Waals surface area contributed by atoms with Crippen molar-refractivity contribution < 1.29 is 0 Å². The SMILES string of the molecule is Brc1ccccc1Nc1cc(NCc2ccncc2)ncn1. The summed E-state index contributed by atoms with van der Waals surface area (Å²) in [6, 6.07) is 13.7. The van der Waals surface area contributed by atoms with Crippen molar-refractivity contribution in [3.63, 3.8) is 0 Å². The lowest BCUT2D eigenvalue weighted by Gasteiger charge is -2.09. The average Bonchev–Trinajstić information content (AvgIpc) is 2.57. The second kappa shape index (κ2) is 7.00. The molecule has 1 aromatic carbocycles. The molecule has 0 unspecified atom stereocenters. The summed E-state index contributed by atoms with van der Waals surface area (Å²) in [6.45, 7) is 0.688.